The Balaban J connectivity index is 1.95. The Morgan fingerprint density at radius 1 is 1.24 bits per heavy atom. The Morgan fingerprint density at radius 3 is 2.40 bits per heavy atom. The van der Waals surface area contributed by atoms with Crippen LogP contribution in [0.3, 0.4) is 0 Å². The summed E-state index contributed by atoms with van der Waals surface area (Å²) in [6.07, 6.45) is 0.321. The lowest BCUT2D eigenvalue weighted by molar-refractivity contribution is -0.139. The first-order valence-electron chi connectivity index (χ1n) is 7.94. The molecule has 134 valence electrons. The first-order valence-corrected chi connectivity index (χ1v) is 7.94. The van der Waals surface area contributed by atoms with Crippen molar-refractivity contribution in [1.29, 1.82) is 0 Å². The number of hydrogen-bond donors (Lipinski definition) is 1. The van der Waals surface area contributed by atoms with Crippen LogP contribution < -0.4 is 4.74 Å². The molecule has 0 radical (unpaired) electrons. The molecule has 1 heterocycles. The van der Waals surface area contributed by atoms with Gasteiger partial charge in [-0.15, -0.1) is 0 Å². The van der Waals surface area contributed by atoms with Gasteiger partial charge in [-0.25, -0.2) is 4.79 Å². The van der Waals surface area contributed by atoms with Gasteiger partial charge in [0.2, 0.25) is 5.91 Å². The third-order valence-electron chi connectivity index (χ3n) is 4.12. The van der Waals surface area contributed by atoms with Crippen LogP contribution in [0.1, 0.15) is 22.5 Å². The molecule has 1 aromatic heterocycles. The van der Waals surface area contributed by atoms with Crippen LogP contribution in [0.25, 0.3) is 0 Å². The van der Waals surface area contributed by atoms with Crippen LogP contribution >= 0.6 is 0 Å². The average Bonchev–Trinajstić information content (AvgIpc) is 2.80. The lowest BCUT2D eigenvalue weighted by Crippen LogP contribution is -2.28. The molecule has 7 nitrogen and oxygen atoms in total. The van der Waals surface area contributed by atoms with E-state index in [4.69, 9.17) is 9.84 Å². The first kappa shape index (κ1) is 18.5. The second kappa shape index (κ2) is 7.83. The van der Waals surface area contributed by atoms with E-state index in [1.807, 2.05) is 33.0 Å². The molecule has 1 aromatic carbocycles. The first-order chi connectivity index (χ1) is 11.8. The van der Waals surface area contributed by atoms with E-state index in [1.165, 1.54) is 0 Å². The van der Waals surface area contributed by atoms with E-state index in [0.717, 1.165) is 22.5 Å². The van der Waals surface area contributed by atoms with E-state index >= 15 is 0 Å². The zero-order valence-corrected chi connectivity index (χ0v) is 14.9. The number of carboxylic acids is 1. The number of rotatable bonds is 7. The molecule has 7 heteroatoms. The summed E-state index contributed by atoms with van der Waals surface area (Å²) in [6.45, 7) is 3.96. The number of carbonyl (C=O) groups excluding carboxylic acids is 1. The van der Waals surface area contributed by atoms with Crippen LogP contribution in [0.4, 0.5) is 0 Å². The number of amides is 1. The van der Waals surface area contributed by atoms with Crippen LogP contribution in [0.2, 0.25) is 0 Å². The molecule has 1 N–H and O–H groups in total. The maximum atomic E-state index is 12.5. The molecule has 0 saturated carbocycles. The van der Waals surface area contributed by atoms with Crippen molar-refractivity contribution < 1.29 is 19.4 Å². The summed E-state index contributed by atoms with van der Waals surface area (Å²) in [6, 6.07) is 7.04. The van der Waals surface area contributed by atoms with Gasteiger partial charge >= 0.3 is 5.97 Å². The second-order valence-corrected chi connectivity index (χ2v) is 6.03. The normalized spacial score (nSPS) is 10.6. The van der Waals surface area contributed by atoms with E-state index < -0.39 is 5.97 Å². The number of likely N-dealkylation sites (N-methyl/N-ethyl adjacent to an activating group) is 1. The molecule has 0 bridgehead atoms. The standard InChI is InChI=1S/C18H23N3O4/c1-12-16(13(2)21(4)19-12)9-17(22)20(3)10-14-5-7-15(8-6-14)25-11-18(23)24/h5-8H,9-11H2,1-4H3,(H,23,24). The molecule has 1 amide bonds. The SMILES string of the molecule is Cc1nn(C)c(C)c1CC(=O)N(C)Cc1ccc(OCC(=O)O)cc1. The van der Waals surface area contributed by atoms with Gasteiger partial charge in [0.25, 0.3) is 0 Å². The number of carboxylic acid groups (broad SMARTS) is 1. The highest BCUT2D eigenvalue weighted by Gasteiger charge is 2.16. The van der Waals surface area contributed by atoms with Crippen LogP contribution in [-0.2, 0) is 29.6 Å². The Bertz CT molecular complexity index is 765. The number of aliphatic carboxylic acids is 1. The van der Waals surface area contributed by atoms with Gasteiger partial charge in [0.05, 0.1) is 12.1 Å². The van der Waals surface area contributed by atoms with Crippen molar-refractivity contribution in [3.05, 3.63) is 46.8 Å². The highest BCUT2D eigenvalue weighted by Crippen LogP contribution is 2.16. The second-order valence-electron chi connectivity index (χ2n) is 6.03. The molecule has 0 aliphatic rings. The minimum absolute atomic E-state index is 0.0189. The van der Waals surface area contributed by atoms with Gasteiger partial charge in [-0.2, -0.15) is 5.10 Å². The van der Waals surface area contributed by atoms with Gasteiger partial charge in [-0.3, -0.25) is 9.48 Å². The predicted molar refractivity (Wildman–Crippen MR) is 92.4 cm³/mol. The van der Waals surface area contributed by atoms with Gasteiger partial charge in [0.15, 0.2) is 6.61 Å². The number of nitrogens with zero attached hydrogens (tertiary/aromatic N) is 3. The molecule has 25 heavy (non-hydrogen) atoms. The zero-order chi connectivity index (χ0) is 18.6. The van der Waals surface area contributed by atoms with Gasteiger partial charge in [-0.1, -0.05) is 12.1 Å². The van der Waals surface area contributed by atoms with Gasteiger partial charge in [-0.05, 0) is 31.5 Å². The lowest BCUT2D eigenvalue weighted by Gasteiger charge is -2.18. The summed E-state index contributed by atoms with van der Waals surface area (Å²) in [5.74, 6) is -0.512. The Morgan fingerprint density at radius 2 is 1.88 bits per heavy atom. The summed E-state index contributed by atoms with van der Waals surface area (Å²) < 4.78 is 6.88. The summed E-state index contributed by atoms with van der Waals surface area (Å²) in [7, 11) is 3.63. The van der Waals surface area contributed by atoms with Crippen molar-refractivity contribution in [1.82, 2.24) is 14.7 Å². The average molecular weight is 345 g/mol. The fraction of sp³-hybridized carbons (Fsp3) is 0.389. The number of aromatic nitrogens is 2. The number of aryl methyl sites for hydroxylation is 2. The Kier molecular flexibility index (Phi) is 5.80. The van der Waals surface area contributed by atoms with E-state index in [-0.39, 0.29) is 12.5 Å². The van der Waals surface area contributed by atoms with Crippen molar-refractivity contribution in [3.8, 4) is 5.75 Å². The third kappa shape index (κ3) is 4.82. The number of ether oxygens (including phenoxy) is 1. The lowest BCUT2D eigenvalue weighted by atomic mass is 10.1. The number of benzene rings is 1. The molecule has 0 aliphatic heterocycles. The minimum atomic E-state index is -1.02. The fourth-order valence-corrected chi connectivity index (χ4v) is 2.56. The van der Waals surface area contributed by atoms with Crippen molar-refractivity contribution in [2.45, 2.75) is 26.8 Å². The van der Waals surface area contributed by atoms with E-state index in [2.05, 4.69) is 5.10 Å². The van der Waals surface area contributed by atoms with Crippen molar-refractivity contribution >= 4 is 11.9 Å². The highest BCUT2D eigenvalue weighted by atomic mass is 16.5. The Labute approximate surface area is 146 Å². The quantitative estimate of drug-likeness (QED) is 0.826. The highest BCUT2D eigenvalue weighted by molar-refractivity contribution is 5.79. The summed E-state index contributed by atoms with van der Waals surface area (Å²) in [5, 5.41) is 12.9. The molecule has 0 fully saturated rings. The van der Waals surface area contributed by atoms with Gasteiger partial charge < -0.3 is 14.7 Å². The van der Waals surface area contributed by atoms with Crippen LogP contribution in [0.5, 0.6) is 5.75 Å². The third-order valence-corrected chi connectivity index (χ3v) is 4.12. The van der Waals surface area contributed by atoms with E-state index in [9.17, 15) is 9.59 Å². The summed E-state index contributed by atoms with van der Waals surface area (Å²) >= 11 is 0. The van der Waals surface area contributed by atoms with Crippen molar-refractivity contribution in [3.63, 3.8) is 0 Å². The van der Waals surface area contributed by atoms with Crippen molar-refractivity contribution in [2.24, 2.45) is 7.05 Å². The van der Waals surface area contributed by atoms with Crippen LogP contribution in [0.15, 0.2) is 24.3 Å². The maximum Gasteiger partial charge on any atom is 0.341 e. The van der Waals surface area contributed by atoms with Crippen molar-refractivity contribution in [2.75, 3.05) is 13.7 Å². The zero-order valence-electron chi connectivity index (χ0n) is 14.9. The smallest absolute Gasteiger partial charge is 0.341 e. The van der Waals surface area contributed by atoms with Crippen LogP contribution in [-0.4, -0.2) is 45.3 Å². The topological polar surface area (TPSA) is 84.7 Å². The molecular weight excluding hydrogens is 322 g/mol. The van der Waals surface area contributed by atoms with E-state index in [0.29, 0.717) is 18.7 Å². The largest absolute Gasteiger partial charge is 0.482 e. The fourth-order valence-electron chi connectivity index (χ4n) is 2.56. The molecule has 0 spiro atoms. The molecule has 0 unspecified atom stereocenters. The van der Waals surface area contributed by atoms with Crippen LogP contribution in [0, 0.1) is 13.8 Å². The molecule has 2 rings (SSSR count). The van der Waals surface area contributed by atoms with Gasteiger partial charge in [0.1, 0.15) is 5.75 Å². The van der Waals surface area contributed by atoms with E-state index in [1.54, 1.807) is 28.8 Å². The van der Waals surface area contributed by atoms with Gasteiger partial charge in [0, 0.05) is 31.9 Å². The maximum absolute atomic E-state index is 12.5. The summed E-state index contributed by atoms with van der Waals surface area (Å²) in [5.41, 5.74) is 3.79. The monoisotopic (exact) mass is 345 g/mol. The minimum Gasteiger partial charge on any atom is -0.482 e. The molecule has 0 aliphatic carbocycles. The molecular formula is C18H23N3O4. The predicted octanol–water partition coefficient (Wildman–Crippen LogP) is 1.70. The molecule has 0 atom stereocenters. The molecule has 2 aromatic rings. The summed E-state index contributed by atoms with van der Waals surface area (Å²) in [4.78, 5) is 24.6. The Hall–Kier alpha value is -2.83. The number of carbonyl (C=O) groups is 2. The number of hydrogen-bond acceptors (Lipinski definition) is 4. The molecule has 0 saturated heterocycles.